The number of nitrogens with one attached hydrogen (secondary N) is 1. The SMILES string of the molecule is Cn1cc(-c2cc(N)ccc2OC2CCCCC2)c2cc[nH]c2c1=O. The molecule has 1 aliphatic rings. The van der Waals surface area contributed by atoms with Gasteiger partial charge < -0.3 is 20.0 Å². The molecule has 3 aromatic rings. The summed E-state index contributed by atoms with van der Waals surface area (Å²) in [5, 5.41) is 0.891. The summed E-state index contributed by atoms with van der Waals surface area (Å²) in [7, 11) is 1.76. The van der Waals surface area contributed by atoms with E-state index in [0.29, 0.717) is 11.2 Å². The number of aryl methyl sites for hydroxylation is 1. The van der Waals surface area contributed by atoms with Crippen molar-refractivity contribution in [2.75, 3.05) is 5.73 Å². The minimum Gasteiger partial charge on any atom is -0.490 e. The first kappa shape index (κ1) is 15.8. The van der Waals surface area contributed by atoms with Gasteiger partial charge in [0, 0.05) is 41.6 Å². The number of fused-ring (bicyclic) bond motifs is 1. The number of H-pyrrole nitrogens is 1. The van der Waals surface area contributed by atoms with Crippen LogP contribution in [0, 0.1) is 0 Å². The van der Waals surface area contributed by atoms with E-state index >= 15 is 0 Å². The maximum Gasteiger partial charge on any atom is 0.274 e. The van der Waals surface area contributed by atoms with Gasteiger partial charge in [-0.15, -0.1) is 0 Å². The van der Waals surface area contributed by atoms with Crippen molar-refractivity contribution in [3.63, 3.8) is 0 Å². The number of hydrogen-bond donors (Lipinski definition) is 2. The monoisotopic (exact) mass is 337 g/mol. The maximum atomic E-state index is 12.3. The summed E-state index contributed by atoms with van der Waals surface area (Å²) in [5.74, 6) is 0.835. The highest BCUT2D eigenvalue weighted by Crippen LogP contribution is 2.37. The third kappa shape index (κ3) is 2.90. The lowest BCUT2D eigenvalue weighted by Crippen LogP contribution is -2.20. The van der Waals surface area contributed by atoms with Crippen LogP contribution in [0.2, 0.25) is 0 Å². The smallest absolute Gasteiger partial charge is 0.274 e. The topological polar surface area (TPSA) is 73.0 Å². The normalized spacial score (nSPS) is 15.6. The highest BCUT2D eigenvalue weighted by Gasteiger charge is 2.19. The second-order valence-electron chi connectivity index (χ2n) is 6.86. The number of ether oxygens (including phenoxy) is 1. The summed E-state index contributed by atoms with van der Waals surface area (Å²) in [6, 6.07) is 7.69. The number of nitrogen functional groups attached to an aromatic ring is 1. The molecule has 0 aliphatic heterocycles. The number of rotatable bonds is 3. The Morgan fingerprint density at radius 1 is 1.16 bits per heavy atom. The molecule has 0 saturated heterocycles. The van der Waals surface area contributed by atoms with Crippen LogP contribution >= 0.6 is 0 Å². The molecule has 1 saturated carbocycles. The van der Waals surface area contributed by atoms with Crippen LogP contribution < -0.4 is 16.0 Å². The van der Waals surface area contributed by atoms with E-state index in [2.05, 4.69) is 4.98 Å². The summed E-state index contributed by atoms with van der Waals surface area (Å²) in [6.07, 6.45) is 9.83. The molecule has 2 heterocycles. The van der Waals surface area contributed by atoms with Gasteiger partial charge in [0.05, 0.1) is 6.10 Å². The molecule has 0 radical (unpaired) electrons. The summed E-state index contributed by atoms with van der Waals surface area (Å²) in [4.78, 5) is 15.4. The van der Waals surface area contributed by atoms with Gasteiger partial charge in [0.2, 0.25) is 0 Å². The molecule has 1 aromatic carbocycles. The third-order valence-electron chi connectivity index (χ3n) is 5.03. The highest BCUT2D eigenvalue weighted by molar-refractivity contribution is 5.96. The van der Waals surface area contributed by atoms with Crippen molar-refractivity contribution in [2.45, 2.75) is 38.2 Å². The number of aromatic nitrogens is 2. The molecule has 130 valence electrons. The van der Waals surface area contributed by atoms with Crippen LogP contribution in [0.15, 0.2) is 41.5 Å². The molecule has 0 bridgehead atoms. The van der Waals surface area contributed by atoms with Crippen LogP contribution in [0.5, 0.6) is 5.75 Å². The van der Waals surface area contributed by atoms with Crippen LogP contribution in [0.4, 0.5) is 5.69 Å². The summed E-state index contributed by atoms with van der Waals surface area (Å²) in [6.45, 7) is 0. The molecule has 0 unspecified atom stereocenters. The zero-order chi connectivity index (χ0) is 17.4. The van der Waals surface area contributed by atoms with E-state index < -0.39 is 0 Å². The van der Waals surface area contributed by atoms with E-state index in [1.54, 1.807) is 17.8 Å². The Balaban J connectivity index is 1.85. The van der Waals surface area contributed by atoms with Gasteiger partial charge in [-0.3, -0.25) is 4.79 Å². The van der Waals surface area contributed by atoms with Crippen molar-refractivity contribution >= 4 is 16.6 Å². The molecular weight excluding hydrogens is 314 g/mol. The lowest BCUT2D eigenvalue weighted by molar-refractivity contribution is 0.156. The van der Waals surface area contributed by atoms with Crippen molar-refractivity contribution in [1.29, 1.82) is 0 Å². The molecule has 25 heavy (non-hydrogen) atoms. The Morgan fingerprint density at radius 3 is 2.76 bits per heavy atom. The molecule has 5 nitrogen and oxygen atoms in total. The lowest BCUT2D eigenvalue weighted by Gasteiger charge is -2.24. The van der Waals surface area contributed by atoms with Gasteiger partial charge >= 0.3 is 0 Å². The minimum atomic E-state index is -0.0394. The predicted octanol–water partition coefficient (Wildman–Crippen LogP) is 3.83. The molecule has 5 heteroatoms. The number of pyridine rings is 1. The summed E-state index contributed by atoms with van der Waals surface area (Å²) >= 11 is 0. The Labute approximate surface area is 146 Å². The molecule has 4 rings (SSSR count). The van der Waals surface area contributed by atoms with E-state index in [1.165, 1.54) is 19.3 Å². The predicted molar refractivity (Wildman–Crippen MR) is 101 cm³/mol. The van der Waals surface area contributed by atoms with Gasteiger partial charge in [0.25, 0.3) is 5.56 Å². The number of anilines is 1. The van der Waals surface area contributed by atoms with Gasteiger partial charge in [-0.2, -0.15) is 0 Å². The van der Waals surface area contributed by atoms with Gasteiger partial charge in [0.1, 0.15) is 11.3 Å². The van der Waals surface area contributed by atoms with Crippen molar-refractivity contribution in [2.24, 2.45) is 7.05 Å². The van der Waals surface area contributed by atoms with Crippen LogP contribution in [0.3, 0.4) is 0 Å². The second kappa shape index (κ2) is 6.31. The maximum absolute atomic E-state index is 12.3. The summed E-state index contributed by atoms with van der Waals surface area (Å²) in [5.41, 5.74) is 9.19. The summed E-state index contributed by atoms with van der Waals surface area (Å²) < 4.78 is 7.94. The van der Waals surface area contributed by atoms with Crippen molar-refractivity contribution in [1.82, 2.24) is 9.55 Å². The minimum absolute atomic E-state index is 0.0394. The first-order valence-corrected chi connectivity index (χ1v) is 8.87. The number of aromatic amines is 1. The fraction of sp³-hybridized carbons (Fsp3) is 0.350. The van der Waals surface area contributed by atoms with Crippen LogP contribution in [0.25, 0.3) is 22.0 Å². The van der Waals surface area contributed by atoms with Crippen LogP contribution in [-0.4, -0.2) is 15.7 Å². The van der Waals surface area contributed by atoms with E-state index in [-0.39, 0.29) is 11.7 Å². The Hall–Kier alpha value is -2.69. The Bertz CT molecular complexity index is 965. The Morgan fingerprint density at radius 2 is 1.96 bits per heavy atom. The fourth-order valence-corrected chi connectivity index (χ4v) is 3.71. The quantitative estimate of drug-likeness (QED) is 0.714. The van der Waals surface area contributed by atoms with Crippen molar-refractivity contribution in [3.05, 3.63) is 47.0 Å². The average Bonchev–Trinajstić information content (AvgIpc) is 3.11. The van der Waals surface area contributed by atoms with Gasteiger partial charge in [-0.05, 0) is 49.9 Å². The first-order valence-electron chi connectivity index (χ1n) is 8.87. The number of nitrogens with two attached hydrogens (primary N) is 1. The lowest BCUT2D eigenvalue weighted by atomic mass is 9.97. The molecule has 1 aliphatic carbocycles. The van der Waals surface area contributed by atoms with Crippen LogP contribution in [0.1, 0.15) is 32.1 Å². The number of hydrogen-bond acceptors (Lipinski definition) is 3. The number of nitrogens with zero attached hydrogens (tertiary/aromatic N) is 1. The molecular formula is C20H23N3O2. The second-order valence-corrected chi connectivity index (χ2v) is 6.86. The molecule has 0 atom stereocenters. The van der Waals surface area contributed by atoms with Gasteiger partial charge in [-0.1, -0.05) is 6.42 Å². The fourth-order valence-electron chi connectivity index (χ4n) is 3.71. The molecule has 1 fully saturated rings. The van der Waals surface area contributed by atoms with E-state index in [9.17, 15) is 4.79 Å². The van der Waals surface area contributed by atoms with Gasteiger partial charge in [-0.25, -0.2) is 0 Å². The average molecular weight is 337 g/mol. The highest BCUT2D eigenvalue weighted by atomic mass is 16.5. The van der Waals surface area contributed by atoms with E-state index in [1.807, 2.05) is 30.5 Å². The largest absolute Gasteiger partial charge is 0.490 e. The Kier molecular flexibility index (Phi) is 3.99. The zero-order valence-corrected chi connectivity index (χ0v) is 14.4. The van der Waals surface area contributed by atoms with Crippen molar-refractivity contribution in [3.8, 4) is 16.9 Å². The molecule has 0 spiro atoms. The standard InChI is InChI=1S/C20H23N3O2/c1-23-12-17(15-9-10-22-19(15)20(23)24)16-11-13(21)7-8-18(16)25-14-5-3-2-4-6-14/h7-12,14,22H,2-6,21H2,1H3. The van der Waals surface area contributed by atoms with Gasteiger partial charge in [0.15, 0.2) is 0 Å². The van der Waals surface area contributed by atoms with Crippen molar-refractivity contribution < 1.29 is 4.74 Å². The molecule has 0 amide bonds. The van der Waals surface area contributed by atoms with Crippen LogP contribution in [-0.2, 0) is 7.05 Å². The zero-order valence-electron chi connectivity index (χ0n) is 14.4. The molecule has 3 N–H and O–H groups in total. The number of benzene rings is 1. The van der Waals surface area contributed by atoms with E-state index in [0.717, 1.165) is 35.1 Å². The van der Waals surface area contributed by atoms with E-state index in [4.69, 9.17) is 10.5 Å². The first-order chi connectivity index (χ1) is 12.1. The molecule has 2 aromatic heterocycles. The third-order valence-corrected chi connectivity index (χ3v) is 5.03.